The fraction of sp³-hybridized carbons (Fsp3) is 0.562. The minimum Gasteiger partial charge on any atom is -0.381 e. The Balaban J connectivity index is 1.51. The highest BCUT2D eigenvalue weighted by Crippen LogP contribution is 2.23. The van der Waals surface area contributed by atoms with Gasteiger partial charge in [0.2, 0.25) is 5.91 Å². The number of amides is 1. The van der Waals surface area contributed by atoms with Gasteiger partial charge in [-0.2, -0.15) is 0 Å². The average molecular weight is 292 g/mol. The van der Waals surface area contributed by atoms with Crippen LogP contribution in [-0.2, 0) is 9.53 Å². The molecule has 1 atom stereocenters. The van der Waals surface area contributed by atoms with Crippen molar-refractivity contribution >= 4 is 11.6 Å². The van der Waals surface area contributed by atoms with Gasteiger partial charge in [-0.1, -0.05) is 12.1 Å². The molecular weight excluding hydrogens is 271 g/mol. The third-order valence-electron chi connectivity index (χ3n) is 4.33. The second kappa shape index (κ2) is 6.43. The van der Waals surface area contributed by atoms with E-state index in [2.05, 4.69) is 10.2 Å². The summed E-state index contributed by atoms with van der Waals surface area (Å²) >= 11 is 0. The summed E-state index contributed by atoms with van der Waals surface area (Å²) < 4.78 is 19.0. The lowest BCUT2D eigenvalue weighted by Crippen LogP contribution is -2.46. The molecule has 4 nitrogen and oxygen atoms in total. The average Bonchev–Trinajstić information content (AvgIpc) is 3.03. The predicted octanol–water partition coefficient (Wildman–Crippen LogP) is 1.95. The number of benzene rings is 1. The molecule has 0 aromatic heterocycles. The molecule has 2 saturated heterocycles. The number of ether oxygens (including phenoxy) is 1. The van der Waals surface area contributed by atoms with E-state index in [4.69, 9.17) is 4.74 Å². The molecule has 0 spiro atoms. The Morgan fingerprint density at radius 3 is 2.67 bits per heavy atom. The summed E-state index contributed by atoms with van der Waals surface area (Å²) in [5, 5.41) is 3.11. The molecule has 2 aliphatic heterocycles. The molecule has 2 fully saturated rings. The van der Waals surface area contributed by atoms with Crippen molar-refractivity contribution in [3.63, 3.8) is 0 Å². The molecule has 1 unspecified atom stereocenters. The Kier molecular flexibility index (Phi) is 4.39. The number of para-hydroxylation sites is 1. The molecule has 1 amide bonds. The van der Waals surface area contributed by atoms with E-state index < -0.39 is 0 Å². The number of hydrogen-bond donors (Lipinski definition) is 1. The van der Waals surface area contributed by atoms with Crippen LogP contribution in [0.4, 0.5) is 10.1 Å². The number of nitrogens with zero attached hydrogens (tertiary/aromatic N) is 1. The zero-order valence-electron chi connectivity index (χ0n) is 12.1. The fourth-order valence-electron chi connectivity index (χ4n) is 3.03. The second-order valence-corrected chi connectivity index (χ2v) is 5.78. The van der Waals surface area contributed by atoms with Crippen molar-refractivity contribution in [1.82, 2.24) is 5.32 Å². The zero-order chi connectivity index (χ0) is 14.7. The van der Waals surface area contributed by atoms with Crippen LogP contribution in [0.1, 0.15) is 19.3 Å². The molecule has 1 aromatic rings. The molecule has 21 heavy (non-hydrogen) atoms. The van der Waals surface area contributed by atoms with E-state index in [0.29, 0.717) is 18.9 Å². The Morgan fingerprint density at radius 1 is 1.24 bits per heavy atom. The zero-order valence-corrected chi connectivity index (χ0v) is 12.1. The first-order valence-electron chi connectivity index (χ1n) is 7.61. The SMILES string of the molecule is O=C(NC1CCN(c2ccccc2F)CC1)C1CCOC1. The molecule has 114 valence electrons. The van der Waals surface area contributed by atoms with Crippen molar-refractivity contribution in [3.05, 3.63) is 30.1 Å². The molecule has 1 aromatic carbocycles. The predicted molar refractivity (Wildman–Crippen MR) is 78.7 cm³/mol. The quantitative estimate of drug-likeness (QED) is 0.926. The molecule has 2 heterocycles. The summed E-state index contributed by atoms with van der Waals surface area (Å²) in [5.41, 5.74) is 0.659. The van der Waals surface area contributed by atoms with E-state index in [-0.39, 0.29) is 23.7 Å². The van der Waals surface area contributed by atoms with E-state index >= 15 is 0 Å². The molecule has 0 aliphatic carbocycles. The maximum atomic E-state index is 13.8. The normalized spacial score (nSPS) is 23.3. The number of nitrogens with one attached hydrogen (secondary N) is 1. The summed E-state index contributed by atoms with van der Waals surface area (Å²) in [5.74, 6) is -0.0606. The summed E-state index contributed by atoms with van der Waals surface area (Å²) in [6.45, 7) is 2.77. The van der Waals surface area contributed by atoms with Crippen LogP contribution in [0, 0.1) is 11.7 Å². The van der Waals surface area contributed by atoms with Crippen LogP contribution >= 0.6 is 0 Å². The maximum absolute atomic E-state index is 13.8. The topological polar surface area (TPSA) is 41.6 Å². The minimum absolute atomic E-state index is 0.00889. The van der Waals surface area contributed by atoms with Crippen molar-refractivity contribution in [3.8, 4) is 0 Å². The first-order chi connectivity index (χ1) is 10.2. The third kappa shape index (κ3) is 3.35. The lowest BCUT2D eigenvalue weighted by molar-refractivity contribution is -0.125. The summed E-state index contributed by atoms with van der Waals surface area (Å²) in [7, 11) is 0. The van der Waals surface area contributed by atoms with Crippen LogP contribution in [0.3, 0.4) is 0 Å². The Bertz CT molecular complexity index is 495. The number of carbonyl (C=O) groups excluding carboxylic acids is 1. The van der Waals surface area contributed by atoms with Crippen molar-refractivity contribution in [2.45, 2.75) is 25.3 Å². The number of anilines is 1. The highest BCUT2D eigenvalue weighted by Gasteiger charge is 2.27. The van der Waals surface area contributed by atoms with E-state index in [0.717, 1.165) is 32.4 Å². The standard InChI is InChI=1S/C16H21FN2O2/c17-14-3-1-2-4-15(14)19-8-5-13(6-9-19)18-16(20)12-7-10-21-11-12/h1-4,12-13H,5-11H2,(H,18,20). The second-order valence-electron chi connectivity index (χ2n) is 5.78. The van der Waals surface area contributed by atoms with Gasteiger partial charge in [0.05, 0.1) is 18.2 Å². The third-order valence-corrected chi connectivity index (χ3v) is 4.33. The van der Waals surface area contributed by atoms with Gasteiger partial charge in [-0.15, -0.1) is 0 Å². The lowest BCUT2D eigenvalue weighted by atomic mass is 10.0. The van der Waals surface area contributed by atoms with Crippen LogP contribution < -0.4 is 10.2 Å². The highest BCUT2D eigenvalue weighted by atomic mass is 19.1. The number of hydrogen-bond acceptors (Lipinski definition) is 3. The van der Waals surface area contributed by atoms with E-state index in [9.17, 15) is 9.18 Å². The molecule has 1 N–H and O–H groups in total. The van der Waals surface area contributed by atoms with Gasteiger partial charge >= 0.3 is 0 Å². The molecule has 5 heteroatoms. The minimum atomic E-state index is -0.178. The Labute approximate surface area is 124 Å². The molecule has 0 radical (unpaired) electrons. The molecule has 3 rings (SSSR count). The molecular formula is C16H21FN2O2. The van der Waals surface area contributed by atoms with Crippen LogP contribution in [0.15, 0.2) is 24.3 Å². The summed E-state index contributed by atoms with van der Waals surface area (Å²) in [6.07, 6.45) is 2.53. The van der Waals surface area contributed by atoms with E-state index in [1.54, 1.807) is 6.07 Å². The van der Waals surface area contributed by atoms with Gasteiger partial charge in [0.1, 0.15) is 5.82 Å². The first kappa shape index (κ1) is 14.3. The maximum Gasteiger partial charge on any atom is 0.225 e. The van der Waals surface area contributed by atoms with Crippen LogP contribution in [0.5, 0.6) is 0 Å². The summed E-state index contributed by atoms with van der Waals surface area (Å²) in [4.78, 5) is 14.1. The van der Waals surface area contributed by atoms with Gasteiger partial charge in [-0.3, -0.25) is 4.79 Å². The Hall–Kier alpha value is -1.62. The van der Waals surface area contributed by atoms with Crippen molar-refractivity contribution in [2.75, 3.05) is 31.2 Å². The lowest BCUT2D eigenvalue weighted by Gasteiger charge is -2.34. The van der Waals surface area contributed by atoms with Crippen LogP contribution in [-0.4, -0.2) is 38.3 Å². The number of carbonyl (C=O) groups is 1. The molecule has 2 aliphatic rings. The van der Waals surface area contributed by atoms with Gasteiger partial charge < -0.3 is 15.0 Å². The van der Waals surface area contributed by atoms with Crippen molar-refractivity contribution in [1.29, 1.82) is 0 Å². The fourth-order valence-corrected chi connectivity index (χ4v) is 3.03. The van der Waals surface area contributed by atoms with E-state index in [1.807, 2.05) is 12.1 Å². The van der Waals surface area contributed by atoms with Gasteiger partial charge in [-0.25, -0.2) is 4.39 Å². The van der Waals surface area contributed by atoms with Gasteiger partial charge in [0.25, 0.3) is 0 Å². The van der Waals surface area contributed by atoms with Gasteiger partial charge in [0.15, 0.2) is 0 Å². The largest absolute Gasteiger partial charge is 0.381 e. The molecule has 0 saturated carbocycles. The first-order valence-corrected chi connectivity index (χ1v) is 7.61. The monoisotopic (exact) mass is 292 g/mol. The summed E-state index contributed by atoms with van der Waals surface area (Å²) in [6, 6.07) is 7.05. The van der Waals surface area contributed by atoms with Gasteiger partial charge in [-0.05, 0) is 31.4 Å². The highest BCUT2D eigenvalue weighted by molar-refractivity contribution is 5.79. The number of rotatable bonds is 3. The number of halogens is 1. The molecule has 0 bridgehead atoms. The van der Waals surface area contributed by atoms with Crippen molar-refractivity contribution in [2.24, 2.45) is 5.92 Å². The van der Waals surface area contributed by atoms with Gasteiger partial charge in [0, 0.05) is 25.7 Å². The smallest absolute Gasteiger partial charge is 0.225 e. The Morgan fingerprint density at radius 2 is 2.00 bits per heavy atom. The number of piperidine rings is 1. The van der Waals surface area contributed by atoms with E-state index in [1.165, 1.54) is 6.07 Å². The van der Waals surface area contributed by atoms with Crippen molar-refractivity contribution < 1.29 is 13.9 Å². The van der Waals surface area contributed by atoms with Crippen LogP contribution in [0.2, 0.25) is 0 Å². The van der Waals surface area contributed by atoms with Crippen LogP contribution in [0.25, 0.3) is 0 Å².